The first-order chi connectivity index (χ1) is 7.38. The molecule has 3 nitrogen and oxygen atoms in total. The van der Waals surface area contributed by atoms with E-state index in [4.69, 9.17) is 4.74 Å². The van der Waals surface area contributed by atoms with Crippen LogP contribution in [0, 0.1) is 5.92 Å². The van der Waals surface area contributed by atoms with Crippen molar-refractivity contribution in [3.05, 3.63) is 0 Å². The van der Waals surface area contributed by atoms with Crippen LogP contribution in [-0.4, -0.2) is 50.3 Å². The van der Waals surface area contributed by atoms with Crippen LogP contribution >= 0.6 is 0 Å². The fourth-order valence-corrected chi connectivity index (χ4v) is 2.59. The van der Waals surface area contributed by atoms with E-state index in [9.17, 15) is 0 Å². The van der Waals surface area contributed by atoms with Crippen LogP contribution in [0.15, 0.2) is 0 Å². The predicted octanol–water partition coefficient (Wildman–Crippen LogP) is 1.10. The first kappa shape index (κ1) is 11.4. The summed E-state index contributed by atoms with van der Waals surface area (Å²) in [5, 5.41) is 3.40. The molecule has 0 bridgehead atoms. The van der Waals surface area contributed by atoms with Crippen molar-refractivity contribution in [2.75, 3.05) is 39.3 Å². The quantitative estimate of drug-likeness (QED) is 0.758. The molecule has 15 heavy (non-hydrogen) atoms. The van der Waals surface area contributed by atoms with Crippen LogP contribution in [0.3, 0.4) is 0 Å². The Morgan fingerprint density at radius 3 is 2.67 bits per heavy atom. The Morgan fingerprint density at radius 1 is 1.27 bits per heavy atom. The number of nitrogens with zero attached hydrogens (tertiary/aromatic N) is 1. The molecule has 2 fully saturated rings. The largest absolute Gasteiger partial charge is 0.378 e. The molecule has 2 rings (SSSR count). The average Bonchev–Trinajstić information content (AvgIpc) is 2.31. The van der Waals surface area contributed by atoms with Crippen LogP contribution in [0.5, 0.6) is 0 Å². The minimum absolute atomic E-state index is 0.546. The second kappa shape index (κ2) is 5.83. The van der Waals surface area contributed by atoms with Crippen molar-refractivity contribution in [2.24, 2.45) is 5.92 Å². The summed E-state index contributed by atoms with van der Waals surface area (Å²) in [5.41, 5.74) is 0. The molecule has 1 N–H and O–H groups in total. The van der Waals surface area contributed by atoms with E-state index in [0.717, 1.165) is 25.6 Å². The fourth-order valence-electron chi connectivity index (χ4n) is 2.59. The molecule has 0 amide bonds. The third-order valence-electron chi connectivity index (χ3n) is 3.65. The van der Waals surface area contributed by atoms with Gasteiger partial charge in [-0.3, -0.25) is 0 Å². The van der Waals surface area contributed by atoms with Gasteiger partial charge in [0.25, 0.3) is 0 Å². The second-order valence-corrected chi connectivity index (χ2v) is 4.86. The zero-order chi connectivity index (χ0) is 10.5. The Hall–Kier alpha value is -0.120. The van der Waals surface area contributed by atoms with E-state index in [-0.39, 0.29) is 0 Å². The number of rotatable bonds is 3. The molecule has 0 aromatic heterocycles. The molecule has 0 saturated carbocycles. The van der Waals surface area contributed by atoms with Gasteiger partial charge in [-0.15, -0.1) is 0 Å². The van der Waals surface area contributed by atoms with E-state index in [0.29, 0.717) is 6.10 Å². The highest BCUT2D eigenvalue weighted by atomic mass is 16.5. The van der Waals surface area contributed by atoms with Crippen molar-refractivity contribution in [3.63, 3.8) is 0 Å². The molecule has 2 atom stereocenters. The first-order valence-electron chi connectivity index (χ1n) is 6.43. The zero-order valence-electron chi connectivity index (χ0n) is 9.87. The van der Waals surface area contributed by atoms with Crippen LogP contribution in [0.2, 0.25) is 0 Å². The second-order valence-electron chi connectivity index (χ2n) is 4.86. The lowest BCUT2D eigenvalue weighted by Gasteiger charge is -2.34. The molecule has 2 aliphatic rings. The van der Waals surface area contributed by atoms with Crippen LogP contribution in [0.1, 0.15) is 26.2 Å². The van der Waals surface area contributed by atoms with Gasteiger partial charge in [0.1, 0.15) is 0 Å². The van der Waals surface area contributed by atoms with E-state index < -0.39 is 0 Å². The van der Waals surface area contributed by atoms with Gasteiger partial charge in [-0.1, -0.05) is 6.92 Å². The van der Waals surface area contributed by atoms with Gasteiger partial charge >= 0.3 is 0 Å². The predicted molar refractivity (Wildman–Crippen MR) is 62.1 cm³/mol. The SMILES string of the molecule is CCC1CC[C@@H](CN2CCNCC2)CO1. The molecule has 0 spiro atoms. The molecule has 88 valence electrons. The lowest BCUT2D eigenvalue weighted by Crippen LogP contribution is -2.46. The van der Waals surface area contributed by atoms with Gasteiger partial charge in [0, 0.05) is 32.7 Å². The van der Waals surface area contributed by atoms with Gasteiger partial charge in [-0.05, 0) is 25.2 Å². The summed E-state index contributed by atoms with van der Waals surface area (Å²) in [4.78, 5) is 2.58. The third-order valence-corrected chi connectivity index (χ3v) is 3.65. The Balaban J connectivity index is 1.67. The van der Waals surface area contributed by atoms with Crippen LogP contribution < -0.4 is 5.32 Å². The van der Waals surface area contributed by atoms with Crippen molar-refractivity contribution in [1.82, 2.24) is 10.2 Å². The lowest BCUT2D eigenvalue weighted by atomic mass is 9.96. The topological polar surface area (TPSA) is 24.5 Å². The Bertz CT molecular complexity index is 172. The Labute approximate surface area is 93.2 Å². The smallest absolute Gasteiger partial charge is 0.0572 e. The van der Waals surface area contributed by atoms with E-state index >= 15 is 0 Å². The van der Waals surface area contributed by atoms with Gasteiger partial charge in [0.2, 0.25) is 0 Å². The van der Waals surface area contributed by atoms with Gasteiger partial charge in [-0.25, -0.2) is 0 Å². The van der Waals surface area contributed by atoms with E-state index in [1.807, 2.05) is 0 Å². The van der Waals surface area contributed by atoms with Gasteiger partial charge in [0.15, 0.2) is 0 Å². The number of hydrogen-bond donors (Lipinski definition) is 1. The maximum atomic E-state index is 5.84. The molecule has 2 aliphatic heterocycles. The Kier molecular flexibility index (Phi) is 4.42. The van der Waals surface area contributed by atoms with E-state index in [1.165, 1.54) is 38.9 Å². The summed E-state index contributed by atoms with van der Waals surface area (Å²) >= 11 is 0. The summed E-state index contributed by atoms with van der Waals surface area (Å²) in [6.45, 7) is 9.21. The maximum absolute atomic E-state index is 5.84. The molecular formula is C12H24N2O. The molecule has 0 aromatic carbocycles. The monoisotopic (exact) mass is 212 g/mol. The minimum Gasteiger partial charge on any atom is -0.378 e. The molecular weight excluding hydrogens is 188 g/mol. The molecule has 2 saturated heterocycles. The highest BCUT2D eigenvalue weighted by Crippen LogP contribution is 2.21. The summed E-state index contributed by atoms with van der Waals surface area (Å²) in [7, 11) is 0. The average molecular weight is 212 g/mol. The lowest BCUT2D eigenvalue weighted by molar-refractivity contribution is -0.0264. The van der Waals surface area contributed by atoms with Crippen LogP contribution in [0.4, 0.5) is 0 Å². The molecule has 2 heterocycles. The maximum Gasteiger partial charge on any atom is 0.0572 e. The number of ether oxygens (including phenoxy) is 1. The summed E-state index contributed by atoms with van der Waals surface area (Å²) in [6.07, 6.45) is 4.36. The highest BCUT2D eigenvalue weighted by Gasteiger charge is 2.22. The van der Waals surface area contributed by atoms with Crippen LogP contribution in [0.25, 0.3) is 0 Å². The molecule has 0 aromatic rings. The van der Waals surface area contributed by atoms with Crippen molar-refractivity contribution >= 4 is 0 Å². The normalized spacial score (nSPS) is 34.2. The first-order valence-corrected chi connectivity index (χ1v) is 6.43. The van der Waals surface area contributed by atoms with Gasteiger partial charge in [0.05, 0.1) is 12.7 Å². The summed E-state index contributed by atoms with van der Waals surface area (Å²) < 4.78 is 5.84. The summed E-state index contributed by atoms with van der Waals surface area (Å²) in [6, 6.07) is 0. The number of nitrogens with one attached hydrogen (secondary N) is 1. The van der Waals surface area contributed by atoms with Crippen molar-refractivity contribution < 1.29 is 4.74 Å². The highest BCUT2D eigenvalue weighted by molar-refractivity contribution is 4.75. The van der Waals surface area contributed by atoms with Crippen molar-refractivity contribution in [3.8, 4) is 0 Å². The number of hydrogen-bond acceptors (Lipinski definition) is 3. The van der Waals surface area contributed by atoms with Gasteiger partial charge < -0.3 is 15.0 Å². The summed E-state index contributed by atoms with van der Waals surface area (Å²) in [5.74, 6) is 0.783. The van der Waals surface area contributed by atoms with Crippen molar-refractivity contribution in [2.45, 2.75) is 32.3 Å². The standard InChI is InChI=1S/C12H24N2O/c1-2-12-4-3-11(10-15-12)9-14-7-5-13-6-8-14/h11-13H,2-10H2,1H3/t11-,12?/m0/s1. The third kappa shape index (κ3) is 3.44. The van der Waals surface area contributed by atoms with Crippen molar-refractivity contribution in [1.29, 1.82) is 0 Å². The van der Waals surface area contributed by atoms with Gasteiger partial charge in [-0.2, -0.15) is 0 Å². The van der Waals surface area contributed by atoms with E-state index in [1.54, 1.807) is 0 Å². The Morgan fingerprint density at radius 2 is 2.07 bits per heavy atom. The molecule has 0 radical (unpaired) electrons. The minimum atomic E-state index is 0.546. The fraction of sp³-hybridized carbons (Fsp3) is 1.00. The van der Waals surface area contributed by atoms with Crippen LogP contribution in [-0.2, 0) is 4.74 Å². The molecule has 3 heteroatoms. The molecule has 0 aliphatic carbocycles. The molecule has 1 unspecified atom stereocenters. The zero-order valence-corrected chi connectivity index (χ0v) is 9.87. The number of piperazine rings is 1. The van der Waals surface area contributed by atoms with E-state index in [2.05, 4.69) is 17.1 Å².